The maximum Gasteiger partial charge on any atom is 0.262 e. The van der Waals surface area contributed by atoms with Gasteiger partial charge in [-0.3, -0.25) is 4.79 Å². The van der Waals surface area contributed by atoms with Crippen molar-refractivity contribution in [3.8, 4) is 29.1 Å². The minimum absolute atomic E-state index is 0.0126. The lowest BCUT2D eigenvalue weighted by Crippen LogP contribution is -2.24. The fourth-order valence-electron chi connectivity index (χ4n) is 2.59. The molecule has 0 atom stereocenters. The Morgan fingerprint density at radius 1 is 1.19 bits per heavy atom. The van der Waals surface area contributed by atoms with Crippen LogP contribution in [0.5, 0.6) is 23.0 Å². The number of hydrogen-bond donors (Lipinski definition) is 1. The Morgan fingerprint density at radius 3 is 2.74 bits per heavy atom. The van der Waals surface area contributed by atoms with Crippen LogP contribution in [-0.4, -0.2) is 26.9 Å². The van der Waals surface area contributed by atoms with E-state index in [0.717, 1.165) is 5.56 Å². The van der Waals surface area contributed by atoms with Crippen LogP contribution in [0.4, 0.5) is 0 Å². The van der Waals surface area contributed by atoms with Crippen molar-refractivity contribution in [1.82, 2.24) is 5.32 Å². The van der Waals surface area contributed by atoms with E-state index in [4.69, 9.17) is 18.9 Å². The highest BCUT2D eigenvalue weighted by Gasteiger charge is 2.15. The summed E-state index contributed by atoms with van der Waals surface area (Å²) >= 11 is 0. The second kappa shape index (κ2) is 8.15. The normalized spacial score (nSPS) is 12.3. The van der Waals surface area contributed by atoms with Gasteiger partial charge in [-0.15, -0.1) is 0 Å². The highest BCUT2D eigenvalue weighted by Crippen LogP contribution is 2.33. The van der Waals surface area contributed by atoms with Crippen LogP contribution in [0.25, 0.3) is 6.08 Å². The van der Waals surface area contributed by atoms with Crippen molar-refractivity contribution in [2.45, 2.75) is 6.54 Å². The van der Waals surface area contributed by atoms with Gasteiger partial charge in [0, 0.05) is 18.2 Å². The van der Waals surface area contributed by atoms with Gasteiger partial charge < -0.3 is 24.3 Å². The van der Waals surface area contributed by atoms with Crippen molar-refractivity contribution in [3.63, 3.8) is 0 Å². The van der Waals surface area contributed by atoms with E-state index < -0.39 is 5.91 Å². The zero-order chi connectivity index (χ0) is 19.2. The molecule has 3 rings (SSSR count). The molecule has 0 fully saturated rings. The Bertz CT molecular complexity index is 930. The van der Waals surface area contributed by atoms with Crippen LogP contribution in [0.3, 0.4) is 0 Å². The lowest BCUT2D eigenvalue weighted by atomic mass is 10.1. The number of benzene rings is 2. The Morgan fingerprint density at radius 2 is 2.00 bits per heavy atom. The first-order chi connectivity index (χ1) is 13.1. The predicted molar refractivity (Wildman–Crippen MR) is 97.5 cm³/mol. The van der Waals surface area contributed by atoms with E-state index in [2.05, 4.69) is 5.32 Å². The highest BCUT2D eigenvalue weighted by molar-refractivity contribution is 6.01. The number of nitrogens with one attached hydrogen (secondary N) is 1. The van der Waals surface area contributed by atoms with Gasteiger partial charge in [0.1, 0.15) is 23.1 Å². The number of nitrogens with zero attached hydrogens (tertiary/aromatic N) is 1. The van der Waals surface area contributed by atoms with E-state index in [1.807, 2.05) is 6.07 Å². The molecule has 1 amide bonds. The molecule has 1 aliphatic heterocycles. The highest BCUT2D eigenvalue weighted by atomic mass is 16.7. The predicted octanol–water partition coefficient (Wildman–Crippen LogP) is 2.66. The molecule has 27 heavy (non-hydrogen) atoms. The average molecular weight is 366 g/mol. The van der Waals surface area contributed by atoms with Gasteiger partial charge in [0.25, 0.3) is 5.91 Å². The molecule has 138 valence electrons. The van der Waals surface area contributed by atoms with Crippen LogP contribution >= 0.6 is 0 Å². The molecule has 0 aliphatic carbocycles. The lowest BCUT2D eigenvalue weighted by molar-refractivity contribution is -0.117. The zero-order valence-electron chi connectivity index (χ0n) is 14.9. The third-order valence-electron chi connectivity index (χ3n) is 4.01. The third-order valence-corrected chi connectivity index (χ3v) is 4.01. The molecule has 0 unspecified atom stereocenters. The fraction of sp³-hybridized carbons (Fsp3) is 0.200. The quantitative estimate of drug-likeness (QED) is 0.624. The number of carbonyl (C=O) groups excluding carboxylic acids is 1. The molecule has 7 heteroatoms. The summed E-state index contributed by atoms with van der Waals surface area (Å²) in [5.41, 5.74) is 1.43. The molecule has 0 saturated carbocycles. The molecule has 0 bridgehead atoms. The van der Waals surface area contributed by atoms with E-state index in [0.29, 0.717) is 28.6 Å². The van der Waals surface area contributed by atoms with Gasteiger partial charge in [0.2, 0.25) is 6.79 Å². The number of carbonyl (C=O) groups is 1. The number of fused-ring (bicyclic) bond motifs is 1. The smallest absolute Gasteiger partial charge is 0.262 e. The van der Waals surface area contributed by atoms with Crippen molar-refractivity contribution in [2.24, 2.45) is 0 Å². The summed E-state index contributed by atoms with van der Waals surface area (Å²) in [5, 5.41) is 12.1. The second-order valence-corrected chi connectivity index (χ2v) is 5.64. The summed E-state index contributed by atoms with van der Waals surface area (Å²) < 4.78 is 21.0. The molecule has 0 aromatic heterocycles. The van der Waals surface area contributed by atoms with Gasteiger partial charge in [-0.05, 0) is 35.9 Å². The number of hydrogen-bond acceptors (Lipinski definition) is 6. The molecule has 0 radical (unpaired) electrons. The van der Waals surface area contributed by atoms with Crippen molar-refractivity contribution in [3.05, 3.63) is 53.1 Å². The minimum atomic E-state index is -0.479. The molecule has 1 heterocycles. The summed E-state index contributed by atoms with van der Waals surface area (Å²) in [6.45, 7) is 0.379. The third kappa shape index (κ3) is 4.12. The molecular formula is C20H18N2O5. The van der Waals surface area contributed by atoms with Crippen LogP contribution < -0.4 is 24.3 Å². The van der Waals surface area contributed by atoms with Crippen molar-refractivity contribution >= 4 is 12.0 Å². The molecule has 1 aliphatic rings. The van der Waals surface area contributed by atoms with Crippen molar-refractivity contribution < 1.29 is 23.7 Å². The topological polar surface area (TPSA) is 89.8 Å². The molecule has 2 aromatic rings. The lowest BCUT2D eigenvalue weighted by Gasteiger charge is -2.11. The van der Waals surface area contributed by atoms with E-state index in [-0.39, 0.29) is 18.9 Å². The SMILES string of the molecule is COc1ccc(CNC(=O)/C(C#N)=C/c2ccc3c(c2)OCO3)c(OC)c1. The number of methoxy groups -OCH3 is 2. The zero-order valence-corrected chi connectivity index (χ0v) is 14.9. The number of nitriles is 1. The first kappa shape index (κ1) is 18.1. The fourth-order valence-corrected chi connectivity index (χ4v) is 2.59. The van der Waals surface area contributed by atoms with Crippen molar-refractivity contribution in [2.75, 3.05) is 21.0 Å². The van der Waals surface area contributed by atoms with E-state index in [9.17, 15) is 10.1 Å². The summed E-state index contributed by atoms with van der Waals surface area (Å²) in [7, 11) is 3.11. The molecule has 7 nitrogen and oxygen atoms in total. The largest absolute Gasteiger partial charge is 0.497 e. The minimum Gasteiger partial charge on any atom is -0.497 e. The maximum absolute atomic E-state index is 12.4. The first-order valence-corrected chi connectivity index (χ1v) is 8.15. The number of rotatable bonds is 6. The summed E-state index contributed by atoms with van der Waals surface area (Å²) in [6, 6.07) is 12.4. The van der Waals surface area contributed by atoms with Gasteiger partial charge in [-0.25, -0.2) is 0 Å². The summed E-state index contributed by atoms with van der Waals surface area (Å²) in [5.74, 6) is 1.99. The van der Waals surface area contributed by atoms with Crippen LogP contribution in [-0.2, 0) is 11.3 Å². The van der Waals surface area contributed by atoms with Crippen LogP contribution in [0.1, 0.15) is 11.1 Å². The van der Waals surface area contributed by atoms with Gasteiger partial charge >= 0.3 is 0 Å². The average Bonchev–Trinajstić information content (AvgIpc) is 3.17. The Kier molecular flexibility index (Phi) is 5.47. The number of amides is 1. The first-order valence-electron chi connectivity index (χ1n) is 8.15. The standard InChI is InChI=1S/C20H18N2O5/c1-24-16-5-4-14(18(9-16)25-2)11-22-20(23)15(10-21)7-13-3-6-17-19(8-13)27-12-26-17/h3-9H,11-12H2,1-2H3,(H,22,23)/b15-7+. The molecule has 2 aromatic carbocycles. The van der Waals surface area contributed by atoms with E-state index in [1.54, 1.807) is 50.6 Å². The molecular weight excluding hydrogens is 348 g/mol. The Hall–Kier alpha value is -3.66. The number of ether oxygens (including phenoxy) is 4. The maximum atomic E-state index is 12.4. The molecule has 0 saturated heterocycles. The second-order valence-electron chi connectivity index (χ2n) is 5.64. The summed E-state index contributed by atoms with van der Waals surface area (Å²) in [6.07, 6.45) is 1.50. The Labute approximate surface area is 156 Å². The van der Waals surface area contributed by atoms with Crippen LogP contribution in [0.2, 0.25) is 0 Å². The van der Waals surface area contributed by atoms with E-state index >= 15 is 0 Å². The van der Waals surface area contributed by atoms with Crippen molar-refractivity contribution in [1.29, 1.82) is 5.26 Å². The molecule has 1 N–H and O–H groups in total. The van der Waals surface area contributed by atoms with Crippen LogP contribution in [0.15, 0.2) is 42.0 Å². The van der Waals surface area contributed by atoms with Gasteiger partial charge in [0.05, 0.1) is 14.2 Å². The van der Waals surface area contributed by atoms with Gasteiger partial charge in [-0.2, -0.15) is 5.26 Å². The summed E-state index contributed by atoms with van der Waals surface area (Å²) in [4.78, 5) is 12.4. The van der Waals surface area contributed by atoms with Gasteiger partial charge in [0.15, 0.2) is 11.5 Å². The van der Waals surface area contributed by atoms with Crippen LogP contribution in [0, 0.1) is 11.3 Å². The Balaban J connectivity index is 1.72. The monoisotopic (exact) mass is 366 g/mol. The van der Waals surface area contributed by atoms with E-state index in [1.165, 1.54) is 6.08 Å². The van der Waals surface area contributed by atoms with Gasteiger partial charge in [-0.1, -0.05) is 6.07 Å². The molecule has 0 spiro atoms.